The minimum Gasteiger partial charge on any atom is -0.423 e. The first-order valence-corrected chi connectivity index (χ1v) is 18.1. The van der Waals surface area contributed by atoms with Gasteiger partial charge < -0.3 is 14.2 Å². The van der Waals surface area contributed by atoms with E-state index in [0.29, 0.717) is 33.9 Å². The third kappa shape index (κ3) is 9.11. The number of esters is 3. The molecule has 0 spiro atoms. The summed E-state index contributed by atoms with van der Waals surface area (Å²) in [5.74, 6) is -0.129. The van der Waals surface area contributed by atoms with Gasteiger partial charge in [0.1, 0.15) is 17.2 Å². The van der Waals surface area contributed by atoms with Gasteiger partial charge in [-0.25, -0.2) is 14.4 Å². The number of hydrogen-bond acceptors (Lipinski definition) is 6. The van der Waals surface area contributed by atoms with Crippen molar-refractivity contribution in [1.29, 1.82) is 0 Å². The molecule has 7 aromatic carbocycles. The Morgan fingerprint density at radius 2 is 0.544 bits per heavy atom. The molecule has 0 fully saturated rings. The number of carbonyl (C=O) groups is 3. The highest BCUT2D eigenvalue weighted by molar-refractivity contribution is 5.93. The second-order valence-electron chi connectivity index (χ2n) is 13.0. The monoisotopic (exact) mass is 744 g/mol. The summed E-state index contributed by atoms with van der Waals surface area (Å²) in [5.41, 5.74) is 9.48. The van der Waals surface area contributed by atoms with Crippen LogP contribution in [-0.4, -0.2) is 17.9 Å². The van der Waals surface area contributed by atoms with Crippen molar-refractivity contribution in [2.24, 2.45) is 0 Å². The molecule has 0 unspecified atom stereocenters. The lowest BCUT2D eigenvalue weighted by molar-refractivity contribution is 0.0725. The van der Waals surface area contributed by atoms with Gasteiger partial charge in [0.15, 0.2) is 0 Å². The summed E-state index contributed by atoms with van der Waals surface area (Å²) in [7, 11) is 0. The first-order valence-electron chi connectivity index (χ1n) is 18.1. The highest BCUT2D eigenvalue weighted by Crippen LogP contribution is 2.35. The second kappa shape index (κ2) is 17.1. The SMILES string of the molecule is C=Cc1ccc(C(=O)Oc2ccc(-c3cc(-c4ccc(OC(=O)c5ccc(C=C)cc5)cc4)cc(-c4ccc(OC(=O)c5ccc(C=C)cc5)cc4)c3)cc2)cc1. The Morgan fingerprint density at radius 1 is 0.316 bits per heavy atom. The van der Waals surface area contributed by atoms with Crippen LogP contribution >= 0.6 is 0 Å². The van der Waals surface area contributed by atoms with Crippen LogP contribution in [0.2, 0.25) is 0 Å². The largest absolute Gasteiger partial charge is 0.423 e. The van der Waals surface area contributed by atoms with Gasteiger partial charge in [-0.3, -0.25) is 0 Å². The molecular formula is C51H36O6. The van der Waals surface area contributed by atoms with Gasteiger partial charge in [-0.1, -0.05) is 111 Å². The van der Waals surface area contributed by atoms with Crippen LogP contribution in [0.5, 0.6) is 17.2 Å². The van der Waals surface area contributed by atoms with Crippen LogP contribution in [0.3, 0.4) is 0 Å². The summed E-state index contributed by atoms with van der Waals surface area (Å²) in [4.78, 5) is 38.5. The van der Waals surface area contributed by atoms with Crippen LogP contribution in [0, 0.1) is 0 Å². The van der Waals surface area contributed by atoms with E-state index in [4.69, 9.17) is 14.2 Å². The summed E-state index contributed by atoms with van der Waals surface area (Å²) < 4.78 is 17.0. The molecule has 0 heterocycles. The lowest BCUT2D eigenvalue weighted by Crippen LogP contribution is -2.08. The van der Waals surface area contributed by atoms with Gasteiger partial charge >= 0.3 is 17.9 Å². The highest BCUT2D eigenvalue weighted by Gasteiger charge is 2.14. The summed E-state index contributed by atoms with van der Waals surface area (Å²) in [6.07, 6.45) is 5.14. The van der Waals surface area contributed by atoms with Gasteiger partial charge in [0.25, 0.3) is 0 Å². The molecule has 0 aliphatic rings. The van der Waals surface area contributed by atoms with Crippen molar-refractivity contribution >= 4 is 36.1 Å². The molecule has 0 N–H and O–H groups in total. The Morgan fingerprint density at radius 3 is 0.754 bits per heavy atom. The Balaban J connectivity index is 1.15. The van der Waals surface area contributed by atoms with Crippen molar-refractivity contribution in [2.75, 3.05) is 0 Å². The molecule has 0 saturated heterocycles. The maximum Gasteiger partial charge on any atom is 0.343 e. The zero-order valence-corrected chi connectivity index (χ0v) is 30.9. The van der Waals surface area contributed by atoms with Gasteiger partial charge in [-0.15, -0.1) is 0 Å². The normalized spacial score (nSPS) is 10.5. The maximum absolute atomic E-state index is 12.8. The van der Waals surface area contributed by atoms with E-state index >= 15 is 0 Å². The molecule has 0 aromatic heterocycles. The molecule has 0 radical (unpaired) electrons. The fraction of sp³-hybridized carbons (Fsp3) is 0. The van der Waals surface area contributed by atoms with E-state index in [1.807, 2.05) is 72.8 Å². The number of benzene rings is 7. The fourth-order valence-electron chi connectivity index (χ4n) is 6.04. The van der Waals surface area contributed by atoms with Crippen molar-refractivity contribution in [3.8, 4) is 50.6 Å². The van der Waals surface area contributed by atoms with Gasteiger partial charge in [-0.05, 0) is 141 Å². The van der Waals surface area contributed by atoms with Crippen LogP contribution in [0.25, 0.3) is 51.6 Å². The topological polar surface area (TPSA) is 78.9 Å². The number of hydrogen-bond donors (Lipinski definition) is 0. The van der Waals surface area contributed by atoms with Crippen molar-refractivity contribution in [3.63, 3.8) is 0 Å². The summed E-state index contributed by atoms with van der Waals surface area (Å²) >= 11 is 0. The summed E-state index contributed by atoms with van der Waals surface area (Å²) in [6, 6.07) is 49.3. The van der Waals surface area contributed by atoms with E-state index in [1.165, 1.54) is 0 Å². The molecule has 276 valence electrons. The lowest BCUT2D eigenvalue weighted by atomic mass is 9.93. The lowest BCUT2D eigenvalue weighted by Gasteiger charge is -2.13. The third-order valence-electron chi connectivity index (χ3n) is 9.27. The molecule has 0 amide bonds. The first kappa shape index (κ1) is 37.5. The van der Waals surface area contributed by atoms with Gasteiger partial charge in [0.05, 0.1) is 16.7 Å². The van der Waals surface area contributed by atoms with Crippen molar-refractivity contribution < 1.29 is 28.6 Å². The zero-order chi connectivity index (χ0) is 39.7. The third-order valence-corrected chi connectivity index (χ3v) is 9.27. The van der Waals surface area contributed by atoms with Crippen molar-refractivity contribution in [2.45, 2.75) is 0 Å². The minimum absolute atomic E-state index is 0.413. The smallest absolute Gasteiger partial charge is 0.343 e. The van der Waals surface area contributed by atoms with Crippen LogP contribution in [0.4, 0.5) is 0 Å². The Hall–Kier alpha value is -7.83. The average Bonchev–Trinajstić information content (AvgIpc) is 3.27. The Bertz CT molecular complexity index is 2280. The molecule has 7 rings (SSSR count). The first-order chi connectivity index (χ1) is 27.8. The van der Waals surface area contributed by atoms with E-state index in [1.54, 1.807) is 91.0 Å². The van der Waals surface area contributed by atoms with Crippen molar-refractivity contribution in [3.05, 3.63) is 217 Å². The van der Waals surface area contributed by atoms with Crippen LogP contribution in [0.1, 0.15) is 47.8 Å². The van der Waals surface area contributed by atoms with Crippen LogP contribution in [0.15, 0.2) is 184 Å². The van der Waals surface area contributed by atoms with E-state index < -0.39 is 17.9 Å². The molecule has 0 aliphatic carbocycles. The quantitative estimate of drug-likeness (QED) is 0.0915. The number of ether oxygens (including phenoxy) is 3. The predicted molar refractivity (Wildman–Crippen MR) is 227 cm³/mol. The fourth-order valence-corrected chi connectivity index (χ4v) is 6.04. The number of rotatable bonds is 12. The molecule has 7 aromatic rings. The van der Waals surface area contributed by atoms with Crippen LogP contribution in [-0.2, 0) is 0 Å². The molecule has 6 nitrogen and oxygen atoms in total. The Labute approximate surface area is 331 Å². The van der Waals surface area contributed by atoms with Crippen molar-refractivity contribution in [1.82, 2.24) is 0 Å². The summed E-state index contributed by atoms with van der Waals surface area (Å²) in [6.45, 7) is 11.3. The van der Waals surface area contributed by atoms with E-state index in [9.17, 15) is 14.4 Å². The summed E-state index contributed by atoms with van der Waals surface area (Å²) in [5, 5.41) is 0. The van der Waals surface area contributed by atoms with Gasteiger partial charge in [0, 0.05) is 0 Å². The molecule has 57 heavy (non-hydrogen) atoms. The minimum atomic E-state index is -0.456. The van der Waals surface area contributed by atoms with E-state index in [0.717, 1.165) is 50.1 Å². The van der Waals surface area contributed by atoms with Gasteiger partial charge in [0.2, 0.25) is 0 Å². The second-order valence-corrected chi connectivity index (χ2v) is 13.0. The standard InChI is InChI=1S/C51H36O6/c1-4-34-7-13-40(14-8-34)49(52)55-46-25-19-37(20-26-46)43-31-44(38-21-27-47(28-22-38)56-50(53)41-15-9-35(5-2)10-16-41)33-45(32-43)39-23-29-48(30-24-39)57-51(54)42-17-11-36(6-3)12-18-42/h4-33H,1-3H2. The molecule has 0 aliphatic heterocycles. The number of carbonyl (C=O) groups excluding carboxylic acids is 3. The van der Waals surface area contributed by atoms with E-state index in [-0.39, 0.29) is 0 Å². The molecule has 0 bridgehead atoms. The van der Waals surface area contributed by atoms with Gasteiger partial charge in [-0.2, -0.15) is 0 Å². The zero-order valence-electron chi connectivity index (χ0n) is 30.9. The Kier molecular flexibility index (Phi) is 11.2. The van der Waals surface area contributed by atoms with E-state index in [2.05, 4.69) is 37.9 Å². The molecule has 0 saturated carbocycles. The molecular weight excluding hydrogens is 709 g/mol. The maximum atomic E-state index is 12.8. The molecule has 0 atom stereocenters. The molecule has 6 heteroatoms. The highest BCUT2D eigenvalue weighted by atomic mass is 16.5. The van der Waals surface area contributed by atoms with Crippen LogP contribution < -0.4 is 14.2 Å². The predicted octanol–water partition coefficient (Wildman–Crippen LogP) is 12.3. The average molecular weight is 745 g/mol.